The molecule has 0 aliphatic heterocycles. The quantitative estimate of drug-likeness (QED) is 0.620. The van der Waals surface area contributed by atoms with Crippen molar-refractivity contribution in [2.24, 2.45) is 0 Å². The Morgan fingerprint density at radius 3 is 2.29 bits per heavy atom. The van der Waals surface area contributed by atoms with E-state index in [4.69, 9.17) is 10.0 Å². The number of hydrogen-bond acceptors (Lipinski definition) is 3. The van der Waals surface area contributed by atoms with Crippen LogP contribution in [-0.2, 0) is 5.60 Å². The first-order chi connectivity index (χ1) is 6.52. The van der Waals surface area contributed by atoms with Crippen LogP contribution < -0.4 is 0 Å². The van der Waals surface area contributed by atoms with Crippen LogP contribution in [0, 0.1) is 0 Å². The largest absolute Gasteiger partial charge is 0.451 e. The summed E-state index contributed by atoms with van der Waals surface area (Å²) in [5, 5.41) is 27.4. The summed E-state index contributed by atoms with van der Waals surface area (Å²) in [5.41, 5.74) is -0.203. The van der Waals surface area contributed by atoms with Gasteiger partial charge in [0.25, 0.3) is 0 Å². The molecule has 0 spiro atoms. The van der Waals surface area contributed by atoms with E-state index in [1.54, 1.807) is 6.92 Å². The minimum absolute atomic E-state index is 0.169. The molecule has 1 unspecified atom stereocenters. The molecular formula is C10H15BO3. The lowest BCUT2D eigenvalue weighted by Crippen LogP contribution is -2.24. The van der Waals surface area contributed by atoms with Gasteiger partial charge in [-0.05, 0) is 25.2 Å². The summed E-state index contributed by atoms with van der Waals surface area (Å²) in [4.78, 5) is 0. The van der Waals surface area contributed by atoms with E-state index in [-0.39, 0.29) is 6.32 Å². The average Bonchev–Trinajstić information content (AvgIpc) is 2.16. The van der Waals surface area contributed by atoms with Gasteiger partial charge in [-0.15, -0.1) is 0 Å². The molecule has 0 fully saturated rings. The van der Waals surface area contributed by atoms with Gasteiger partial charge in [-0.2, -0.15) is 0 Å². The van der Waals surface area contributed by atoms with Gasteiger partial charge in [-0.1, -0.05) is 30.3 Å². The number of rotatable bonds is 4. The summed E-state index contributed by atoms with van der Waals surface area (Å²) in [6.07, 6.45) is 0.497. The molecule has 4 heteroatoms. The van der Waals surface area contributed by atoms with Gasteiger partial charge in [0.2, 0.25) is 0 Å². The van der Waals surface area contributed by atoms with Gasteiger partial charge < -0.3 is 15.2 Å². The average molecular weight is 194 g/mol. The Kier molecular flexibility index (Phi) is 3.69. The zero-order valence-electron chi connectivity index (χ0n) is 8.22. The second-order valence-corrected chi connectivity index (χ2v) is 3.66. The topological polar surface area (TPSA) is 60.7 Å². The molecule has 0 aliphatic carbocycles. The first kappa shape index (κ1) is 11.2. The molecule has 0 saturated carbocycles. The maximum Gasteiger partial charge on any atom is 0.451 e. The van der Waals surface area contributed by atoms with Crippen molar-refractivity contribution in [1.29, 1.82) is 0 Å². The van der Waals surface area contributed by atoms with Crippen LogP contribution in [0.3, 0.4) is 0 Å². The van der Waals surface area contributed by atoms with Crippen LogP contribution in [-0.4, -0.2) is 22.3 Å². The molecule has 0 saturated heterocycles. The van der Waals surface area contributed by atoms with E-state index in [1.807, 2.05) is 30.3 Å². The molecule has 3 N–H and O–H groups in total. The van der Waals surface area contributed by atoms with Crippen molar-refractivity contribution in [3.05, 3.63) is 35.9 Å². The van der Waals surface area contributed by atoms with E-state index in [0.717, 1.165) is 5.56 Å². The minimum Gasteiger partial charge on any atom is -0.427 e. The smallest absolute Gasteiger partial charge is 0.427 e. The van der Waals surface area contributed by atoms with Crippen LogP contribution in [0.4, 0.5) is 0 Å². The third-order valence-electron chi connectivity index (χ3n) is 2.29. The maximum atomic E-state index is 10.0. The lowest BCUT2D eigenvalue weighted by molar-refractivity contribution is 0.0513. The molecule has 0 aliphatic rings. The molecule has 0 amide bonds. The van der Waals surface area contributed by atoms with Gasteiger partial charge in [0.05, 0.1) is 5.60 Å². The zero-order valence-corrected chi connectivity index (χ0v) is 8.22. The fraction of sp³-hybridized carbons (Fsp3) is 0.400. The highest BCUT2D eigenvalue weighted by molar-refractivity contribution is 6.40. The first-order valence-corrected chi connectivity index (χ1v) is 4.66. The van der Waals surface area contributed by atoms with Gasteiger partial charge in [0.1, 0.15) is 0 Å². The Balaban J connectivity index is 2.66. The Morgan fingerprint density at radius 1 is 1.21 bits per heavy atom. The summed E-state index contributed by atoms with van der Waals surface area (Å²) < 4.78 is 0. The van der Waals surface area contributed by atoms with Crippen molar-refractivity contribution in [2.45, 2.75) is 25.3 Å². The normalized spacial score (nSPS) is 14.9. The minimum atomic E-state index is -1.36. The van der Waals surface area contributed by atoms with Crippen LogP contribution in [0.1, 0.15) is 18.9 Å². The molecule has 1 aromatic carbocycles. The van der Waals surface area contributed by atoms with E-state index in [0.29, 0.717) is 6.42 Å². The lowest BCUT2D eigenvalue weighted by Gasteiger charge is -2.23. The molecular weight excluding hydrogens is 179 g/mol. The Morgan fingerprint density at radius 2 is 1.79 bits per heavy atom. The summed E-state index contributed by atoms with van der Waals surface area (Å²) in [6.45, 7) is 1.67. The first-order valence-electron chi connectivity index (χ1n) is 4.66. The zero-order chi connectivity index (χ0) is 10.6. The van der Waals surface area contributed by atoms with Crippen LogP contribution in [0.5, 0.6) is 0 Å². The lowest BCUT2D eigenvalue weighted by atomic mass is 9.78. The summed E-state index contributed by atoms with van der Waals surface area (Å²) >= 11 is 0. The number of benzene rings is 1. The Labute approximate surface area is 84.2 Å². The molecule has 76 valence electrons. The third-order valence-corrected chi connectivity index (χ3v) is 2.29. The molecule has 0 heterocycles. The highest BCUT2D eigenvalue weighted by Gasteiger charge is 2.24. The van der Waals surface area contributed by atoms with E-state index in [1.165, 1.54) is 0 Å². The SMILES string of the molecule is CC(O)(CCB(O)O)c1ccccc1. The molecule has 1 rings (SSSR count). The van der Waals surface area contributed by atoms with Crippen LogP contribution in [0.2, 0.25) is 6.32 Å². The standard InChI is InChI=1S/C10H15BO3/c1-10(12,7-8-11(13)14)9-5-3-2-4-6-9/h2-6,12-14H,7-8H2,1H3. The second-order valence-electron chi connectivity index (χ2n) is 3.66. The fourth-order valence-electron chi connectivity index (χ4n) is 1.35. The van der Waals surface area contributed by atoms with Crippen molar-refractivity contribution in [3.63, 3.8) is 0 Å². The van der Waals surface area contributed by atoms with Gasteiger partial charge in [0.15, 0.2) is 0 Å². The van der Waals surface area contributed by atoms with E-state index in [9.17, 15) is 5.11 Å². The number of hydrogen-bond donors (Lipinski definition) is 3. The fourth-order valence-corrected chi connectivity index (χ4v) is 1.35. The molecule has 0 bridgehead atoms. The van der Waals surface area contributed by atoms with Crippen molar-refractivity contribution in [1.82, 2.24) is 0 Å². The Bertz CT molecular complexity index is 272. The molecule has 1 aromatic rings. The molecule has 14 heavy (non-hydrogen) atoms. The monoisotopic (exact) mass is 194 g/mol. The predicted molar refractivity (Wildman–Crippen MR) is 55.6 cm³/mol. The predicted octanol–water partition coefficient (Wildman–Crippen LogP) is 0.757. The van der Waals surface area contributed by atoms with Crippen molar-refractivity contribution >= 4 is 7.12 Å². The highest BCUT2D eigenvalue weighted by Crippen LogP contribution is 2.25. The van der Waals surface area contributed by atoms with Crippen molar-refractivity contribution < 1.29 is 15.2 Å². The third kappa shape index (κ3) is 3.14. The van der Waals surface area contributed by atoms with Crippen molar-refractivity contribution in [2.75, 3.05) is 0 Å². The molecule has 0 radical (unpaired) electrons. The van der Waals surface area contributed by atoms with Gasteiger partial charge in [-0.25, -0.2) is 0 Å². The van der Waals surface area contributed by atoms with Gasteiger partial charge in [-0.3, -0.25) is 0 Å². The number of aliphatic hydroxyl groups is 1. The summed E-state index contributed by atoms with van der Waals surface area (Å²) in [6, 6.07) is 9.21. The van der Waals surface area contributed by atoms with Crippen molar-refractivity contribution in [3.8, 4) is 0 Å². The van der Waals surface area contributed by atoms with Crippen LogP contribution in [0.25, 0.3) is 0 Å². The van der Waals surface area contributed by atoms with Crippen LogP contribution in [0.15, 0.2) is 30.3 Å². The molecule has 1 atom stereocenters. The van der Waals surface area contributed by atoms with Crippen LogP contribution >= 0.6 is 0 Å². The highest BCUT2D eigenvalue weighted by atomic mass is 16.4. The van der Waals surface area contributed by atoms with Gasteiger partial charge in [0, 0.05) is 0 Å². The second kappa shape index (κ2) is 4.60. The van der Waals surface area contributed by atoms with Gasteiger partial charge >= 0.3 is 7.12 Å². The summed E-state index contributed by atoms with van der Waals surface area (Å²) in [7, 11) is -1.36. The molecule has 3 nitrogen and oxygen atoms in total. The summed E-state index contributed by atoms with van der Waals surface area (Å²) in [5.74, 6) is 0. The van der Waals surface area contributed by atoms with E-state index in [2.05, 4.69) is 0 Å². The Hall–Kier alpha value is -0.835. The van der Waals surface area contributed by atoms with E-state index < -0.39 is 12.7 Å². The maximum absolute atomic E-state index is 10.0. The molecule has 0 aromatic heterocycles. The van der Waals surface area contributed by atoms with E-state index >= 15 is 0 Å².